The van der Waals surface area contributed by atoms with Gasteiger partial charge in [-0.15, -0.1) is 11.3 Å². The molecule has 1 heterocycles. The molecule has 0 saturated carbocycles. The summed E-state index contributed by atoms with van der Waals surface area (Å²) in [7, 11) is 0. The molecule has 0 aromatic carbocycles. The van der Waals surface area contributed by atoms with Crippen molar-refractivity contribution >= 4 is 17.1 Å². The summed E-state index contributed by atoms with van der Waals surface area (Å²) in [5.74, 6) is 0.0544. The largest absolute Gasteiger partial charge is 0.292 e. The first-order valence-electron chi connectivity index (χ1n) is 3.26. The molecular weight excluding hydrogens is 158 g/mol. The second kappa shape index (κ2) is 3.44. The fourth-order valence-electron chi connectivity index (χ4n) is 0.715. The number of ketones is 1. The summed E-state index contributed by atoms with van der Waals surface area (Å²) < 4.78 is 0. The Hall–Kier alpha value is -0.960. The van der Waals surface area contributed by atoms with Gasteiger partial charge >= 0.3 is 0 Å². The van der Waals surface area contributed by atoms with Gasteiger partial charge in [-0.05, 0) is 6.92 Å². The van der Waals surface area contributed by atoms with E-state index in [0.29, 0.717) is 12.1 Å². The minimum absolute atomic E-state index is 0.0544. The Balaban J connectivity index is 2.64. The number of carbonyl (C=O) groups is 1. The molecule has 0 amide bonds. The highest BCUT2D eigenvalue weighted by Crippen LogP contribution is 2.07. The molecule has 0 aliphatic carbocycles. The fraction of sp³-hybridized carbons (Fsp3) is 0.250. The first-order chi connectivity index (χ1) is 5.20. The SMILES string of the molecule is C=C(C)CC(=O)c1cscn1. The van der Waals surface area contributed by atoms with Crippen LogP contribution in [-0.4, -0.2) is 10.8 Å². The maximum Gasteiger partial charge on any atom is 0.186 e. The molecule has 1 rings (SSSR count). The smallest absolute Gasteiger partial charge is 0.186 e. The zero-order chi connectivity index (χ0) is 8.27. The van der Waals surface area contributed by atoms with Crippen molar-refractivity contribution in [3.63, 3.8) is 0 Å². The summed E-state index contributed by atoms with van der Waals surface area (Å²) in [6.07, 6.45) is 0.406. The Labute approximate surface area is 69.6 Å². The molecule has 2 nitrogen and oxygen atoms in total. The first-order valence-corrected chi connectivity index (χ1v) is 4.20. The zero-order valence-corrected chi connectivity index (χ0v) is 7.15. The van der Waals surface area contributed by atoms with Crippen LogP contribution in [0.5, 0.6) is 0 Å². The van der Waals surface area contributed by atoms with Gasteiger partial charge in [-0.2, -0.15) is 0 Å². The molecule has 0 unspecified atom stereocenters. The van der Waals surface area contributed by atoms with Crippen LogP contribution in [0.4, 0.5) is 0 Å². The number of aromatic nitrogens is 1. The molecule has 11 heavy (non-hydrogen) atoms. The van der Waals surface area contributed by atoms with E-state index in [9.17, 15) is 4.79 Å². The average molecular weight is 167 g/mol. The van der Waals surface area contributed by atoms with E-state index in [2.05, 4.69) is 11.6 Å². The monoisotopic (exact) mass is 167 g/mol. The van der Waals surface area contributed by atoms with Crippen LogP contribution >= 0.6 is 11.3 Å². The van der Waals surface area contributed by atoms with E-state index < -0.39 is 0 Å². The lowest BCUT2D eigenvalue weighted by Gasteiger charge is -1.93. The van der Waals surface area contributed by atoms with E-state index in [0.717, 1.165) is 5.57 Å². The van der Waals surface area contributed by atoms with Crippen molar-refractivity contribution in [3.8, 4) is 0 Å². The van der Waals surface area contributed by atoms with Crippen LogP contribution in [0.1, 0.15) is 23.8 Å². The molecule has 0 bridgehead atoms. The first kappa shape index (κ1) is 8.14. The molecule has 0 radical (unpaired) electrons. The normalized spacial score (nSPS) is 9.55. The van der Waals surface area contributed by atoms with Crippen molar-refractivity contribution in [2.45, 2.75) is 13.3 Å². The number of Topliss-reactive ketones (excluding diaryl/α,β-unsaturated/α-hetero) is 1. The Bertz CT molecular complexity index is 264. The molecule has 3 heteroatoms. The number of hydrogen-bond acceptors (Lipinski definition) is 3. The van der Waals surface area contributed by atoms with E-state index in [-0.39, 0.29) is 5.78 Å². The number of carbonyl (C=O) groups excluding carboxylic acids is 1. The third kappa shape index (κ3) is 2.27. The second-order valence-electron chi connectivity index (χ2n) is 2.43. The topological polar surface area (TPSA) is 30.0 Å². The Kier molecular flexibility index (Phi) is 2.54. The van der Waals surface area contributed by atoms with E-state index in [4.69, 9.17) is 0 Å². The van der Waals surface area contributed by atoms with Crippen LogP contribution in [0.25, 0.3) is 0 Å². The van der Waals surface area contributed by atoms with Crippen molar-refractivity contribution in [1.29, 1.82) is 0 Å². The molecule has 0 atom stereocenters. The number of thiazole rings is 1. The van der Waals surface area contributed by atoms with Crippen LogP contribution < -0.4 is 0 Å². The molecule has 58 valence electrons. The average Bonchev–Trinajstić information content (AvgIpc) is 2.35. The lowest BCUT2D eigenvalue weighted by molar-refractivity contribution is 0.0989. The van der Waals surface area contributed by atoms with Gasteiger partial charge in [0.15, 0.2) is 5.78 Å². The van der Waals surface area contributed by atoms with Gasteiger partial charge in [0.2, 0.25) is 0 Å². The van der Waals surface area contributed by atoms with E-state index in [1.165, 1.54) is 11.3 Å². The molecule has 0 aliphatic rings. The van der Waals surface area contributed by atoms with Crippen LogP contribution in [0.15, 0.2) is 23.0 Å². The minimum atomic E-state index is 0.0544. The zero-order valence-electron chi connectivity index (χ0n) is 6.33. The highest BCUT2D eigenvalue weighted by atomic mass is 32.1. The highest BCUT2D eigenvalue weighted by Gasteiger charge is 2.06. The van der Waals surface area contributed by atoms with Gasteiger partial charge in [0.1, 0.15) is 5.69 Å². The summed E-state index contributed by atoms with van der Waals surface area (Å²) in [5, 5.41) is 1.76. The Morgan fingerprint density at radius 2 is 2.55 bits per heavy atom. The van der Waals surface area contributed by atoms with Gasteiger partial charge in [-0.3, -0.25) is 4.79 Å². The van der Waals surface area contributed by atoms with Gasteiger partial charge in [0, 0.05) is 11.8 Å². The lowest BCUT2D eigenvalue weighted by atomic mass is 10.1. The molecular formula is C8H9NOS. The molecule has 0 spiro atoms. The van der Waals surface area contributed by atoms with Crippen molar-refractivity contribution in [2.24, 2.45) is 0 Å². The van der Waals surface area contributed by atoms with Gasteiger partial charge in [-0.25, -0.2) is 4.98 Å². The Morgan fingerprint density at radius 3 is 3.00 bits per heavy atom. The van der Waals surface area contributed by atoms with Gasteiger partial charge in [-0.1, -0.05) is 12.2 Å². The van der Waals surface area contributed by atoms with Crippen molar-refractivity contribution in [1.82, 2.24) is 4.98 Å². The summed E-state index contributed by atoms with van der Waals surface area (Å²) >= 11 is 1.43. The van der Waals surface area contributed by atoms with Gasteiger partial charge < -0.3 is 0 Å². The van der Waals surface area contributed by atoms with Gasteiger partial charge in [0.05, 0.1) is 5.51 Å². The summed E-state index contributed by atoms with van der Waals surface area (Å²) in [4.78, 5) is 15.1. The number of rotatable bonds is 3. The molecule has 0 aliphatic heterocycles. The quantitative estimate of drug-likeness (QED) is 0.510. The maximum atomic E-state index is 11.2. The molecule has 0 saturated heterocycles. The van der Waals surface area contributed by atoms with E-state index in [1.807, 2.05) is 6.92 Å². The molecule has 0 N–H and O–H groups in total. The number of nitrogens with zero attached hydrogens (tertiary/aromatic N) is 1. The fourth-order valence-corrected chi connectivity index (χ4v) is 1.27. The lowest BCUT2D eigenvalue weighted by Crippen LogP contribution is -1.98. The highest BCUT2D eigenvalue weighted by molar-refractivity contribution is 7.07. The van der Waals surface area contributed by atoms with Crippen LogP contribution in [0, 0.1) is 0 Å². The van der Waals surface area contributed by atoms with Gasteiger partial charge in [0.25, 0.3) is 0 Å². The number of hydrogen-bond donors (Lipinski definition) is 0. The third-order valence-corrected chi connectivity index (χ3v) is 1.77. The van der Waals surface area contributed by atoms with Crippen LogP contribution in [0.3, 0.4) is 0 Å². The summed E-state index contributed by atoms with van der Waals surface area (Å²) in [6, 6.07) is 0. The summed E-state index contributed by atoms with van der Waals surface area (Å²) in [5.41, 5.74) is 3.09. The standard InChI is InChI=1S/C8H9NOS/c1-6(2)3-8(10)7-4-11-5-9-7/h4-5H,1,3H2,2H3. The third-order valence-electron chi connectivity index (χ3n) is 1.18. The second-order valence-corrected chi connectivity index (χ2v) is 3.15. The van der Waals surface area contributed by atoms with Crippen molar-refractivity contribution < 1.29 is 4.79 Å². The van der Waals surface area contributed by atoms with Crippen molar-refractivity contribution in [2.75, 3.05) is 0 Å². The predicted molar refractivity (Wildman–Crippen MR) is 45.9 cm³/mol. The number of allylic oxidation sites excluding steroid dienone is 1. The summed E-state index contributed by atoms with van der Waals surface area (Å²) in [6.45, 7) is 5.50. The van der Waals surface area contributed by atoms with E-state index in [1.54, 1.807) is 10.9 Å². The van der Waals surface area contributed by atoms with Crippen LogP contribution in [0.2, 0.25) is 0 Å². The Morgan fingerprint density at radius 1 is 1.82 bits per heavy atom. The van der Waals surface area contributed by atoms with E-state index >= 15 is 0 Å². The van der Waals surface area contributed by atoms with Crippen molar-refractivity contribution in [3.05, 3.63) is 28.7 Å². The predicted octanol–water partition coefficient (Wildman–Crippen LogP) is 2.29. The molecule has 1 aromatic rings. The molecule has 1 aromatic heterocycles. The maximum absolute atomic E-state index is 11.2. The molecule has 0 fully saturated rings. The van der Waals surface area contributed by atoms with Crippen LogP contribution in [-0.2, 0) is 0 Å². The minimum Gasteiger partial charge on any atom is -0.292 e.